The van der Waals surface area contributed by atoms with E-state index in [1.54, 1.807) is 4.90 Å². The average Bonchev–Trinajstić information content (AvgIpc) is 2.56. The van der Waals surface area contributed by atoms with E-state index in [9.17, 15) is 9.59 Å². The topological polar surface area (TPSA) is 58.6 Å². The van der Waals surface area contributed by atoms with Crippen LogP contribution in [0.15, 0.2) is 24.3 Å². The molecule has 0 spiro atoms. The fourth-order valence-electron chi connectivity index (χ4n) is 2.74. The molecule has 5 heteroatoms. The molecule has 2 rings (SSSR count). The van der Waals surface area contributed by atoms with Gasteiger partial charge >= 0.3 is 0 Å². The van der Waals surface area contributed by atoms with Crippen molar-refractivity contribution in [2.75, 3.05) is 24.6 Å². The van der Waals surface area contributed by atoms with Gasteiger partial charge in [0.1, 0.15) is 6.61 Å². The Hall–Kier alpha value is -1.88. The Balaban J connectivity index is 1.94. The van der Waals surface area contributed by atoms with Crippen molar-refractivity contribution < 1.29 is 14.3 Å². The van der Waals surface area contributed by atoms with Gasteiger partial charge in [-0.15, -0.1) is 0 Å². The summed E-state index contributed by atoms with van der Waals surface area (Å²) in [5.74, 6) is 0.0715. The molecule has 0 saturated carbocycles. The van der Waals surface area contributed by atoms with E-state index in [-0.39, 0.29) is 30.4 Å². The molecule has 0 aliphatic carbocycles. The van der Waals surface area contributed by atoms with Crippen LogP contribution in [0.4, 0.5) is 5.69 Å². The monoisotopic (exact) mass is 318 g/mol. The third-order valence-corrected chi connectivity index (χ3v) is 4.34. The first-order valence-electron chi connectivity index (χ1n) is 8.31. The second kappa shape index (κ2) is 8.11. The van der Waals surface area contributed by atoms with Crippen LogP contribution in [0.3, 0.4) is 0 Å². The van der Waals surface area contributed by atoms with Gasteiger partial charge in [-0.3, -0.25) is 9.59 Å². The summed E-state index contributed by atoms with van der Waals surface area (Å²) in [5.41, 5.74) is 2.03. The molecule has 1 aromatic rings. The van der Waals surface area contributed by atoms with Gasteiger partial charge in [-0.25, -0.2) is 0 Å². The fraction of sp³-hybridized carbons (Fsp3) is 0.556. The Kier molecular flexibility index (Phi) is 6.16. The van der Waals surface area contributed by atoms with Gasteiger partial charge < -0.3 is 15.0 Å². The summed E-state index contributed by atoms with van der Waals surface area (Å²) in [5, 5.41) is 2.95. The predicted molar refractivity (Wildman–Crippen MR) is 90.4 cm³/mol. The Morgan fingerprint density at radius 1 is 1.30 bits per heavy atom. The van der Waals surface area contributed by atoms with Crippen molar-refractivity contribution in [2.45, 2.75) is 39.7 Å². The van der Waals surface area contributed by atoms with Gasteiger partial charge in [-0.05, 0) is 31.9 Å². The number of morpholine rings is 1. The number of hydrogen-bond acceptors (Lipinski definition) is 3. The molecule has 1 aliphatic heterocycles. The van der Waals surface area contributed by atoms with Crippen LogP contribution in [0, 0.1) is 12.8 Å². The summed E-state index contributed by atoms with van der Waals surface area (Å²) < 4.78 is 5.56. The zero-order chi connectivity index (χ0) is 16.8. The first kappa shape index (κ1) is 17.5. The lowest BCUT2D eigenvalue weighted by atomic mass is 10.0. The molecule has 1 heterocycles. The zero-order valence-electron chi connectivity index (χ0n) is 14.2. The molecule has 1 unspecified atom stereocenters. The number of amides is 2. The van der Waals surface area contributed by atoms with Crippen LogP contribution in [0.25, 0.3) is 0 Å². The quantitative estimate of drug-likeness (QED) is 0.875. The van der Waals surface area contributed by atoms with Crippen LogP contribution in [-0.4, -0.2) is 37.6 Å². The molecule has 0 bridgehead atoms. The first-order chi connectivity index (χ1) is 11.0. The molecule has 126 valence electrons. The number of rotatable bonds is 6. The lowest BCUT2D eigenvalue weighted by molar-refractivity contribution is -0.130. The van der Waals surface area contributed by atoms with Crippen molar-refractivity contribution in [1.29, 1.82) is 0 Å². The molecule has 1 aromatic carbocycles. The Morgan fingerprint density at radius 2 is 1.96 bits per heavy atom. The van der Waals surface area contributed by atoms with E-state index in [2.05, 4.69) is 5.32 Å². The van der Waals surface area contributed by atoms with Gasteiger partial charge in [0, 0.05) is 18.2 Å². The summed E-state index contributed by atoms with van der Waals surface area (Å²) in [6, 6.07) is 7.86. The number of anilines is 1. The van der Waals surface area contributed by atoms with Crippen LogP contribution in [0.1, 0.15) is 32.3 Å². The summed E-state index contributed by atoms with van der Waals surface area (Å²) in [7, 11) is 0. The third-order valence-electron chi connectivity index (χ3n) is 4.34. The van der Waals surface area contributed by atoms with Crippen molar-refractivity contribution in [3.63, 3.8) is 0 Å². The summed E-state index contributed by atoms with van der Waals surface area (Å²) in [6.07, 6.45) is 1.50. The zero-order valence-corrected chi connectivity index (χ0v) is 14.2. The van der Waals surface area contributed by atoms with Crippen molar-refractivity contribution >= 4 is 17.5 Å². The van der Waals surface area contributed by atoms with Gasteiger partial charge in [0.2, 0.25) is 5.91 Å². The van der Waals surface area contributed by atoms with Gasteiger partial charge in [0.15, 0.2) is 0 Å². The van der Waals surface area contributed by atoms with Crippen molar-refractivity contribution in [3.05, 3.63) is 29.8 Å². The van der Waals surface area contributed by atoms with E-state index >= 15 is 0 Å². The van der Waals surface area contributed by atoms with Crippen molar-refractivity contribution in [2.24, 2.45) is 5.92 Å². The van der Waals surface area contributed by atoms with Gasteiger partial charge in [0.25, 0.3) is 5.91 Å². The Morgan fingerprint density at radius 3 is 2.57 bits per heavy atom. The Labute approximate surface area is 138 Å². The maximum Gasteiger partial charge on any atom is 0.253 e. The van der Waals surface area contributed by atoms with Crippen molar-refractivity contribution in [3.8, 4) is 0 Å². The minimum atomic E-state index is -0.174. The minimum Gasteiger partial charge on any atom is -0.365 e. The van der Waals surface area contributed by atoms with Crippen LogP contribution in [0.5, 0.6) is 0 Å². The number of carbonyl (C=O) groups is 2. The second-order valence-electron chi connectivity index (χ2n) is 6.03. The molecule has 23 heavy (non-hydrogen) atoms. The van der Waals surface area contributed by atoms with Gasteiger partial charge in [0.05, 0.1) is 12.6 Å². The number of aryl methyl sites for hydroxylation is 1. The summed E-state index contributed by atoms with van der Waals surface area (Å²) in [4.78, 5) is 25.9. The molecule has 2 amide bonds. The smallest absolute Gasteiger partial charge is 0.253 e. The average molecular weight is 318 g/mol. The highest BCUT2D eigenvalue weighted by Crippen LogP contribution is 2.19. The SMILES string of the molecule is CCC(CC)C(=O)NCC1CN(c2ccc(C)cc2)C(=O)CO1. The van der Waals surface area contributed by atoms with Crippen molar-refractivity contribution in [1.82, 2.24) is 5.32 Å². The Bertz CT molecular complexity index is 538. The first-order valence-corrected chi connectivity index (χ1v) is 8.31. The molecule has 1 saturated heterocycles. The highest BCUT2D eigenvalue weighted by Gasteiger charge is 2.28. The van der Waals surface area contributed by atoms with Gasteiger partial charge in [-0.2, -0.15) is 0 Å². The lowest BCUT2D eigenvalue weighted by Gasteiger charge is -2.33. The van der Waals surface area contributed by atoms with Gasteiger partial charge in [-0.1, -0.05) is 31.5 Å². The molecule has 1 fully saturated rings. The maximum absolute atomic E-state index is 12.1. The van der Waals surface area contributed by atoms with E-state index in [0.29, 0.717) is 13.1 Å². The number of hydrogen-bond donors (Lipinski definition) is 1. The maximum atomic E-state index is 12.1. The number of benzene rings is 1. The van der Waals surface area contributed by atoms with E-state index in [1.165, 1.54) is 0 Å². The molecule has 0 radical (unpaired) electrons. The normalized spacial score (nSPS) is 18.3. The number of carbonyl (C=O) groups excluding carboxylic acids is 2. The number of nitrogens with one attached hydrogen (secondary N) is 1. The molecule has 1 N–H and O–H groups in total. The van der Waals surface area contributed by atoms with E-state index in [4.69, 9.17) is 4.74 Å². The molecule has 1 aliphatic rings. The summed E-state index contributed by atoms with van der Waals surface area (Å²) in [6.45, 7) is 7.00. The number of ether oxygens (including phenoxy) is 1. The fourth-order valence-corrected chi connectivity index (χ4v) is 2.74. The third kappa shape index (κ3) is 4.55. The lowest BCUT2D eigenvalue weighted by Crippen LogP contribution is -2.51. The highest BCUT2D eigenvalue weighted by atomic mass is 16.5. The van der Waals surface area contributed by atoms with E-state index in [1.807, 2.05) is 45.0 Å². The van der Waals surface area contributed by atoms with Crippen LogP contribution >= 0.6 is 0 Å². The molecular formula is C18H26N2O3. The molecule has 1 atom stereocenters. The van der Waals surface area contributed by atoms with E-state index < -0.39 is 0 Å². The summed E-state index contributed by atoms with van der Waals surface area (Å²) >= 11 is 0. The molecule has 0 aromatic heterocycles. The molecule has 5 nitrogen and oxygen atoms in total. The standard InChI is InChI=1S/C18H26N2O3/c1-4-14(5-2)18(22)19-10-16-11-20(17(21)12-23-16)15-8-6-13(3)7-9-15/h6-9,14,16H,4-5,10-12H2,1-3H3,(H,19,22). The van der Waals surface area contributed by atoms with E-state index in [0.717, 1.165) is 24.1 Å². The van der Waals surface area contributed by atoms with Crippen LogP contribution in [-0.2, 0) is 14.3 Å². The number of nitrogens with zero attached hydrogens (tertiary/aromatic N) is 1. The molecular weight excluding hydrogens is 292 g/mol. The largest absolute Gasteiger partial charge is 0.365 e. The predicted octanol–water partition coefficient (Wildman–Crippen LogP) is 2.28. The second-order valence-corrected chi connectivity index (χ2v) is 6.03. The van der Waals surface area contributed by atoms with Crippen LogP contribution < -0.4 is 10.2 Å². The minimum absolute atomic E-state index is 0.0450. The van der Waals surface area contributed by atoms with Crippen LogP contribution in [0.2, 0.25) is 0 Å². The highest BCUT2D eigenvalue weighted by molar-refractivity contribution is 5.95.